The van der Waals surface area contributed by atoms with Crippen LogP contribution in [0, 0.1) is 0 Å². The van der Waals surface area contributed by atoms with Crippen molar-refractivity contribution in [3.63, 3.8) is 0 Å². The van der Waals surface area contributed by atoms with Gasteiger partial charge in [0.2, 0.25) is 0 Å². The molecule has 4 aliphatic heterocycles. The van der Waals surface area contributed by atoms with Crippen molar-refractivity contribution in [2.75, 3.05) is 51.7 Å². The minimum atomic E-state index is -0.197. The lowest BCUT2D eigenvalue weighted by molar-refractivity contribution is 0.0731. The fourth-order valence-corrected chi connectivity index (χ4v) is 4.91. The molecule has 9 heteroatoms. The molecule has 4 aliphatic rings. The smallest absolute Gasteiger partial charge is 0.271 e. The van der Waals surface area contributed by atoms with Crippen molar-refractivity contribution < 1.29 is 14.4 Å². The molecule has 3 amide bonds. The molecule has 1 N–H and O–H groups in total. The molecular formula is C28H38N6O3. The van der Waals surface area contributed by atoms with Gasteiger partial charge in [-0.1, -0.05) is 38.2 Å². The number of piperazine rings is 1. The third-order valence-corrected chi connectivity index (χ3v) is 7.15. The zero-order chi connectivity index (χ0) is 26.2. The van der Waals surface area contributed by atoms with Gasteiger partial charge in [-0.25, -0.2) is 0 Å². The van der Waals surface area contributed by atoms with Crippen LogP contribution in [-0.4, -0.2) is 84.5 Å². The number of aromatic nitrogens is 2. The first-order valence-electron chi connectivity index (χ1n) is 13.4. The zero-order valence-corrected chi connectivity index (χ0v) is 22.0. The number of hydrogen-bond donors (Lipinski definition) is 1. The summed E-state index contributed by atoms with van der Waals surface area (Å²) in [4.78, 5) is 44.3. The van der Waals surface area contributed by atoms with E-state index in [4.69, 9.17) is 0 Å². The number of hydrogen-bond acceptors (Lipinski definition) is 6. The minimum Gasteiger partial charge on any atom is -0.352 e. The number of amides is 3. The first kappa shape index (κ1) is 26.6. The highest BCUT2D eigenvalue weighted by Gasteiger charge is 2.27. The summed E-state index contributed by atoms with van der Waals surface area (Å²) in [5.74, 6) is 0.221. The van der Waals surface area contributed by atoms with Crippen LogP contribution in [0.25, 0.3) is 0 Å². The van der Waals surface area contributed by atoms with E-state index in [-0.39, 0.29) is 17.7 Å². The number of fused-ring (bicyclic) bond motifs is 2. The Kier molecular flexibility index (Phi) is 9.09. The standard InChI is InChI=1S/C28H38N6O3/c1-32(2)27(36)22-12-11-21-10-8-6-4-3-5-7-9-15-29-26(35)24-13-14-25(31-30-24)33-16-18-34(19-17-33)28(37)23(22)20-21/h11-14,20H,3-10,15-19H2,1-2H3,(H,29,35). The Morgan fingerprint density at radius 3 is 2.19 bits per heavy atom. The lowest BCUT2D eigenvalue weighted by Crippen LogP contribution is -2.49. The number of anilines is 1. The van der Waals surface area contributed by atoms with Crippen LogP contribution in [0.5, 0.6) is 0 Å². The molecule has 5 heterocycles. The van der Waals surface area contributed by atoms with Gasteiger partial charge in [0.05, 0.1) is 11.1 Å². The van der Waals surface area contributed by atoms with Gasteiger partial charge in [-0.3, -0.25) is 14.4 Å². The SMILES string of the molecule is CN(C)C(=O)c1ccc2cc1C(=O)N1CCN(CC1)c1ccc(nn1)C(=O)NCCCCCCCCC2. The van der Waals surface area contributed by atoms with Crippen molar-refractivity contribution in [1.29, 1.82) is 0 Å². The second kappa shape index (κ2) is 12.7. The number of aryl methyl sites for hydroxylation is 1. The topological polar surface area (TPSA) is 98.7 Å². The van der Waals surface area contributed by atoms with Crippen LogP contribution in [0.1, 0.15) is 81.7 Å². The molecule has 1 saturated heterocycles. The van der Waals surface area contributed by atoms with Crippen LogP contribution in [0.15, 0.2) is 30.3 Å². The maximum Gasteiger partial charge on any atom is 0.271 e. The van der Waals surface area contributed by atoms with E-state index in [1.807, 2.05) is 29.2 Å². The van der Waals surface area contributed by atoms with Crippen molar-refractivity contribution in [3.8, 4) is 0 Å². The molecule has 0 unspecified atom stereocenters. The molecule has 0 spiro atoms. The van der Waals surface area contributed by atoms with Gasteiger partial charge in [-0.15, -0.1) is 10.2 Å². The van der Waals surface area contributed by atoms with E-state index in [1.165, 1.54) is 17.7 Å². The van der Waals surface area contributed by atoms with E-state index in [2.05, 4.69) is 20.4 Å². The van der Waals surface area contributed by atoms with Crippen LogP contribution in [0.2, 0.25) is 0 Å². The summed E-state index contributed by atoms with van der Waals surface area (Å²) >= 11 is 0. The number of nitrogens with one attached hydrogen (secondary N) is 1. The Labute approximate surface area is 219 Å². The fourth-order valence-electron chi connectivity index (χ4n) is 4.91. The molecule has 6 rings (SSSR count). The van der Waals surface area contributed by atoms with Crippen LogP contribution in [0.4, 0.5) is 5.82 Å². The quantitative estimate of drug-likeness (QED) is 0.638. The Hall–Kier alpha value is -3.49. The predicted octanol–water partition coefficient (Wildman–Crippen LogP) is 3.16. The number of nitrogens with zero attached hydrogens (tertiary/aromatic N) is 5. The Balaban J connectivity index is 1.54. The molecule has 1 fully saturated rings. The molecule has 2 aromatic rings. The molecule has 0 aliphatic carbocycles. The van der Waals surface area contributed by atoms with Crippen LogP contribution < -0.4 is 10.2 Å². The summed E-state index contributed by atoms with van der Waals surface area (Å²) in [6, 6.07) is 9.25. The molecule has 1 aromatic carbocycles. The lowest BCUT2D eigenvalue weighted by Gasteiger charge is -2.35. The van der Waals surface area contributed by atoms with E-state index in [9.17, 15) is 14.4 Å². The highest BCUT2D eigenvalue weighted by atomic mass is 16.2. The fraction of sp³-hybridized carbons (Fsp3) is 0.536. The third kappa shape index (κ3) is 6.84. The minimum absolute atomic E-state index is 0.108. The largest absolute Gasteiger partial charge is 0.352 e. The monoisotopic (exact) mass is 506 g/mol. The summed E-state index contributed by atoms with van der Waals surface area (Å²) in [6.07, 6.45) is 8.62. The molecule has 0 atom stereocenters. The summed E-state index contributed by atoms with van der Waals surface area (Å²) in [5.41, 5.74) is 2.35. The highest BCUT2D eigenvalue weighted by Crippen LogP contribution is 2.21. The molecular weight excluding hydrogens is 468 g/mol. The maximum absolute atomic E-state index is 13.6. The molecule has 0 radical (unpaired) electrons. The van der Waals surface area contributed by atoms with E-state index in [0.29, 0.717) is 55.4 Å². The summed E-state index contributed by atoms with van der Waals surface area (Å²) in [5, 5.41) is 11.3. The average Bonchev–Trinajstić information content (AvgIpc) is 2.92. The number of carbonyl (C=O) groups excluding carboxylic acids is 3. The number of rotatable bonds is 1. The van der Waals surface area contributed by atoms with Gasteiger partial charge >= 0.3 is 0 Å². The summed E-state index contributed by atoms with van der Waals surface area (Å²) in [7, 11) is 3.42. The van der Waals surface area contributed by atoms with Gasteiger partial charge < -0.3 is 20.0 Å². The normalized spacial score (nSPS) is 18.0. The predicted molar refractivity (Wildman–Crippen MR) is 143 cm³/mol. The van der Waals surface area contributed by atoms with Gasteiger partial charge in [-0.05, 0) is 49.1 Å². The van der Waals surface area contributed by atoms with E-state index >= 15 is 0 Å². The van der Waals surface area contributed by atoms with Crippen LogP contribution >= 0.6 is 0 Å². The van der Waals surface area contributed by atoms with E-state index in [0.717, 1.165) is 44.1 Å². The Morgan fingerprint density at radius 2 is 1.51 bits per heavy atom. The molecule has 0 saturated carbocycles. The zero-order valence-electron chi connectivity index (χ0n) is 22.0. The second-order valence-electron chi connectivity index (χ2n) is 10.1. The third-order valence-electron chi connectivity index (χ3n) is 7.15. The van der Waals surface area contributed by atoms with Crippen molar-refractivity contribution in [3.05, 3.63) is 52.7 Å². The first-order valence-corrected chi connectivity index (χ1v) is 13.4. The average molecular weight is 507 g/mol. The van der Waals surface area contributed by atoms with Crippen molar-refractivity contribution in [2.45, 2.75) is 51.4 Å². The highest BCUT2D eigenvalue weighted by molar-refractivity contribution is 6.07. The summed E-state index contributed by atoms with van der Waals surface area (Å²) in [6.45, 7) is 2.88. The van der Waals surface area contributed by atoms with Crippen molar-refractivity contribution in [2.24, 2.45) is 0 Å². The molecule has 9 nitrogen and oxygen atoms in total. The Morgan fingerprint density at radius 1 is 0.838 bits per heavy atom. The molecule has 198 valence electrons. The molecule has 1 aromatic heterocycles. The Bertz CT molecular complexity index is 1090. The van der Waals surface area contributed by atoms with Gasteiger partial charge in [0.25, 0.3) is 17.7 Å². The maximum atomic E-state index is 13.6. The van der Waals surface area contributed by atoms with Crippen molar-refractivity contribution >= 4 is 23.5 Å². The molecule has 6 bridgehead atoms. The van der Waals surface area contributed by atoms with Crippen LogP contribution in [0.3, 0.4) is 0 Å². The van der Waals surface area contributed by atoms with E-state index < -0.39 is 0 Å². The number of carbonyl (C=O) groups is 3. The summed E-state index contributed by atoms with van der Waals surface area (Å²) < 4.78 is 0. The van der Waals surface area contributed by atoms with Gasteiger partial charge in [0, 0.05) is 46.8 Å². The van der Waals surface area contributed by atoms with Crippen LogP contribution in [-0.2, 0) is 6.42 Å². The van der Waals surface area contributed by atoms with Crippen molar-refractivity contribution in [1.82, 2.24) is 25.3 Å². The van der Waals surface area contributed by atoms with Gasteiger partial charge in [-0.2, -0.15) is 0 Å². The van der Waals surface area contributed by atoms with E-state index in [1.54, 1.807) is 20.2 Å². The first-order chi connectivity index (χ1) is 17.9. The van der Waals surface area contributed by atoms with Gasteiger partial charge in [0.15, 0.2) is 11.5 Å². The molecule has 37 heavy (non-hydrogen) atoms. The van der Waals surface area contributed by atoms with Gasteiger partial charge in [0.1, 0.15) is 0 Å². The lowest BCUT2D eigenvalue weighted by atomic mass is 9.97. The second-order valence-corrected chi connectivity index (χ2v) is 10.1. The number of benzene rings is 1.